The molecule has 2 amide bonds. The maximum atomic E-state index is 13.8. The van der Waals surface area contributed by atoms with Crippen molar-refractivity contribution < 1.29 is 23.8 Å². The first-order chi connectivity index (χ1) is 20.6. The van der Waals surface area contributed by atoms with Crippen LogP contribution in [0.2, 0.25) is 0 Å². The van der Waals surface area contributed by atoms with Crippen LogP contribution in [0.15, 0.2) is 41.2 Å². The van der Waals surface area contributed by atoms with E-state index in [9.17, 15) is 14.4 Å². The number of carbonyl (C=O) groups excluding carboxylic acids is 2. The molecule has 43 heavy (non-hydrogen) atoms. The first kappa shape index (κ1) is 30.4. The summed E-state index contributed by atoms with van der Waals surface area (Å²) in [4.78, 5) is 39.4. The summed E-state index contributed by atoms with van der Waals surface area (Å²) in [6, 6.07) is 6.08. The topological polar surface area (TPSA) is 115 Å². The molecule has 230 valence electrons. The van der Waals surface area contributed by atoms with Crippen LogP contribution < -0.4 is 35.6 Å². The van der Waals surface area contributed by atoms with Gasteiger partial charge in [0.25, 0.3) is 0 Å². The van der Waals surface area contributed by atoms with Gasteiger partial charge in [0, 0.05) is 19.0 Å². The number of aryl methyl sites for hydroxylation is 1. The van der Waals surface area contributed by atoms with Gasteiger partial charge in [0.05, 0.1) is 33.1 Å². The lowest BCUT2D eigenvalue weighted by Gasteiger charge is -2.24. The van der Waals surface area contributed by atoms with Crippen molar-refractivity contribution in [1.82, 2.24) is 10.6 Å². The van der Waals surface area contributed by atoms with Gasteiger partial charge in [-0.15, -0.1) is 0 Å². The minimum absolute atomic E-state index is 0.0627. The van der Waals surface area contributed by atoms with Crippen LogP contribution in [0.1, 0.15) is 57.2 Å². The maximum Gasteiger partial charge on any atom is 0.242 e. The Bertz CT molecular complexity index is 1490. The van der Waals surface area contributed by atoms with Crippen molar-refractivity contribution in [3.8, 4) is 28.4 Å². The number of allylic oxidation sites excluding steroid dienone is 2. The van der Waals surface area contributed by atoms with E-state index in [2.05, 4.69) is 28.1 Å². The predicted octanol–water partition coefficient (Wildman–Crippen LogP) is 4.63. The summed E-state index contributed by atoms with van der Waals surface area (Å²) >= 11 is 0. The number of hydrogen-bond donors (Lipinski definition) is 3. The van der Waals surface area contributed by atoms with Gasteiger partial charge in [-0.1, -0.05) is 32.1 Å². The van der Waals surface area contributed by atoms with Crippen molar-refractivity contribution in [2.75, 3.05) is 33.2 Å². The molecule has 0 unspecified atom stereocenters. The van der Waals surface area contributed by atoms with E-state index in [-0.39, 0.29) is 23.2 Å². The van der Waals surface area contributed by atoms with Crippen LogP contribution in [0.3, 0.4) is 0 Å². The van der Waals surface area contributed by atoms with E-state index in [0.717, 1.165) is 23.1 Å². The van der Waals surface area contributed by atoms with E-state index < -0.39 is 12.1 Å². The molecule has 2 bridgehead atoms. The second-order valence-corrected chi connectivity index (χ2v) is 12.2. The van der Waals surface area contributed by atoms with Gasteiger partial charge in [0.2, 0.25) is 23.0 Å². The molecular formula is C34H43N3O6. The van der Waals surface area contributed by atoms with E-state index >= 15 is 0 Å². The fourth-order valence-corrected chi connectivity index (χ4v) is 7.00. The molecule has 3 N–H and O–H groups in total. The molecule has 1 fully saturated rings. The maximum absolute atomic E-state index is 13.8. The summed E-state index contributed by atoms with van der Waals surface area (Å²) in [5.74, 6) is 2.75. The Morgan fingerprint density at radius 1 is 1.00 bits per heavy atom. The van der Waals surface area contributed by atoms with E-state index in [4.69, 9.17) is 14.2 Å². The monoisotopic (exact) mass is 589 g/mol. The van der Waals surface area contributed by atoms with Gasteiger partial charge in [-0.25, -0.2) is 0 Å². The number of benzene rings is 1. The Labute approximate surface area is 253 Å². The molecule has 2 aromatic carbocycles. The molecule has 0 heterocycles. The first-order valence-electron chi connectivity index (χ1n) is 15.1. The summed E-state index contributed by atoms with van der Waals surface area (Å²) in [5.41, 5.74) is 3.19. The molecule has 1 saturated carbocycles. The van der Waals surface area contributed by atoms with Gasteiger partial charge in [-0.3, -0.25) is 14.4 Å². The number of ether oxygens (including phenoxy) is 3. The smallest absolute Gasteiger partial charge is 0.242 e. The predicted molar refractivity (Wildman–Crippen MR) is 167 cm³/mol. The lowest BCUT2D eigenvalue weighted by molar-refractivity contribution is -0.123. The highest BCUT2D eigenvalue weighted by Crippen LogP contribution is 2.50. The number of nitrogens with one attached hydrogen (secondary N) is 3. The number of hydrogen-bond acceptors (Lipinski definition) is 7. The summed E-state index contributed by atoms with van der Waals surface area (Å²) in [5, 5.41) is 9.45. The van der Waals surface area contributed by atoms with Crippen molar-refractivity contribution in [2.45, 2.75) is 58.5 Å². The standard InChI is InChI=1S/C34H43N3O6/c1-18(2)31(34(40)35-17-23-14-20-7-8-21(23)13-20)37-27-12-10-24-25(16-28(27)39)26(36-19(3)38)11-9-22-15-29(41-4)32(42-5)33(43-6)30(22)24/h7-8,10,12,15-16,18,20-21,23,26,31H,9,11,13-14,17H2,1-6H3,(H,35,40)(H,36,38)(H,37,39)/t20-,21-,23-,26-,31-/m0/s1. The third-order valence-electron chi connectivity index (χ3n) is 9.13. The molecule has 0 aliphatic heterocycles. The summed E-state index contributed by atoms with van der Waals surface area (Å²) in [6.07, 6.45) is 8.06. The lowest BCUT2D eigenvalue weighted by Crippen LogP contribution is -2.45. The van der Waals surface area contributed by atoms with Crippen molar-refractivity contribution in [3.05, 3.63) is 57.8 Å². The summed E-state index contributed by atoms with van der Waals surface area (Å²) in [7, 11) is 4.70. The Morgan fingerprint density at radius 2 is 1.77 bits per heavy atom. The molecule has 9 heteroatoms. The minimum Gasteiger partial charge on any atom is -0.493 e. The average Bonchev–Trinajstić information content (AvgIpc) is 3.53. The molecule has 0 aromatic heterocycles. The fourth-order valence-electron chi connectivity index (χ4n) is 7.00. The van der Waals surface area contributed by atoms with Gasteiger partial charge < -0.3 is 30.2 Å². The average molecular weight is 590 g/mol. The molecule has 3 aliphatic carbocycles. The highest BCUT2D eigenvalue weighted by molar-refractivity contribution is 5.86. The van der Waals surface area contributed by atoms with Gasteiger partial charge in [0.1, 0.15) is 6.04 Å². The van der Waals surface area contributed by atoms with Crippen molar-refractivity contribution >= 4 is 17.5 Å². The molecule has 5 atom stereocenters. The number of amides is 2. The van der Waals surface area contributed by atoms with Crippen LogP contribution in [0.4, 0.5) is 5.69 Å². The third-order valence-corrected chi connectivity index (χ3v) is 9.13. The van der Waals surface area contributed by atoms with Crippen LogP contribution in [-0.4, -0.2) is 45.7 Å². The van der Waals surface area contributed by atoms with Crippen LogP contribution >= 0.6 is 0 Å². The number of fused-ring (bicyclic) bond motifs is 5. The van der Waals surface area contributed by atoms with Crippen molar-refractivity contribution in [2.24, 2.45) is 23.7 Å². The van der Waals surface area contributed by atoms with Crippen LogP contribution in [0, 0.1) is 23.7 Å². The van der Waals surface area contributed by atoms with E-state index in [1.807, 2.05) is 26.0 Å². The lowest BCUT2D eigenvalue weighted by atomic mass is 9.93. The molecule has 3 aliphatic rings. The van der Waals surface area contributed by atoms with Crippen molar-refractivity contribution in [1.29, 1.82) is 0 Å². The molecule has 9 nitrogen and oxygen atoms in total. The molecule has 0 spiro atoms. The number of carbonyl (C=O) groups is 2. The molecule has 0 saturated heterocycles. The van der Waals surface area contributed by atoms with Crippen LogP contribution in [-0.2, 0) is 16.0 Å². The molecule has 0 radical (unpaired) electrons. The second-order valence-electron chi connectivity index (χ2n) is 12.2. The Balaban J connectivity index is 1.53. The molecule has 2 aromatic rings. The first-order valence-corrected chi connectivity index (χ1v) is 15.1. The second kappa shape index (κ2) is 12.7. The normalized spacial score (nSPS) is 22.2. The van der Waals surface area contributed by atoms with E-state index in [1.54, 1.807) is 33.5 Å². The highest BCUT2D eigenvalue weighted by atomic mass is 16.5. The molecular weight excluding hydrogens is 546 g/mol. The zero-order valence-corrected chi connectivity index (χ0v) is 25.9. The Hall–Kier alpha value is -4.01. The minimum atomic E-state index is -0.596. The fraction of sp³-hybridized carbons (Fsp3) is 0.500. The summed E-state index contributed by atoms with van der Waals surface area (Å²) < 4.78 is 17.2. The van der Waals surface area contributed by atoms with Gasteiger partial charge in [0.15, 0.2) is 11.5 Å². The zero-order valence-electron chi connectivity index (χ0n) is 25.9. The van der Waals surface area contributed by atoms with Gasteiger partial charge in [-0.2, -0.15) is 0 Å². The van der Waals surface area contributed by atoms with E-state index in [1.165, 1.54) is 13.3 Å². The summed E-state index contributed by atoms with van der Waals surface area (Å²) in [6.45, 7) is 6.04. The Kier molecular flexibility index (Phi) is 8.99. The highest BCUT2D eigenvalue weighted by Gasteiger charge is 2.36. The SMILES string of the molecule is COc1cc2c(c(OC)c1OC)-c1ccc(N[C@H](C(=O)NC[C@@H]3C[C@H]4C=C[C@H]3C4)C(C)C)c(=O)cc1[C@@H](NC(C)=O)CC2. The largest absolute Gasteiger partial charge is 0.493 e. The van der Waals surface area contributed by atoms with Crippen LogP contribution in [0.25, 0.3) is 11.1 Å². The van der Waals surface area contributed by atoms with E-state index in [0.29, 0.717) is 65.6 Å². The van der Waals surface area contributed by atoms with Crippen molar-refractivity contribution in [3.63, 3.8) is 0 Å². The Morgan fingerprint density at radius 3 is 2.37 bits per heavy atom. The molecule has 5 rings (SSSR count). The number of methoxy groups -OCH3 is 3. The van der Waals surface area contributed by atoms with Crippen LogP contribution in [0.5, 0.6) is 17.2 Å². The zero-order chi connectivity index (χ0) is 30.8. The van der Waals surface area contributed by atoms with Gasteiger partial charge in [-0.05, 0) is 84.2 Å². The quantitative estimate of drug-likeness (QED) is 0.346. The van der Waals surface area contributed by atoms with Gasteiger partial charge >= 0.3 is 0 Å². The number of anilines is 1. The number of rotatable bonds is 10. The third kappa shape index (κ3) is 6.08.